The predicted molar refractivity (Wildman–Crippen MR) is 82.7 cm³/mol. The second-order valence-corrected chi connectivity index (χ2v) is 6.50. The number of amides is 1. The lowest BCUT2D eigenvalue weighted by molar-refractivity contribution is -0.120. The molecule has 1 atom stereocenters. The molecule has 112 valence electrons. The molecule has 0 saturated carbocycles. The lowest BCUT2D eigenvalue weighted by Crippen LogP contribution is -2.41. The van der Waals surface area contributed by atoms with Crippen molar-refractivity contribution in [3.8, 4) is 0 Å². The number of carbonyl (C=O) groups is 1. The van der Waals surface area contributed by atoms with Gasteiger partial charge in [0.1, 0.15) is 0 Å². The highest BCUT2D eigenvalue weighted by Crippen LogP contribution is 2.23. The third kappa shape index (κ3) is 4.58. The molecule has 1 aromatic heterocycles. The maximum atomic E-state index is 12.6. The first-order valence-corrected chi connectivity index (χ1v) is 7.41. The van der Waals surface area contributed by atoms with Gasteiger partial charge in [0, 0.05) is 24.9 Å². The first-order chi connectivity index (χ1) is 9.28. The molecule has 0 aliphatic heterocycles. The largest absolute Gasteiger partial charge is 0.278 e. The van der Waals surface area contributed by atoms with E-state index in [1.807, 2.05) is 19.3 Å². The van der Waals surface area contributed by atoms with Crippen LogP contribution in [0.2, 0.25) is 0 Å². The molecule has 0 aliphatic rings. The predicted octanol–water partition coefficient (Wildman–Crippen LogP) is 3.61. The Bertz CT molecular complexity index is 434. The second-order valence-electron chi connectivity index (χ2n) is 6.50. The van der Waals surface area contributed by atoms with E-state index in [0.717, 1.165) is 18.4 Å². The number of aromatic nitrogens is 2. The molecular formula is C16H27N3O. The molecular weight excluding hydrogens is 250 g/mol. The maximum absolute atomic E-state index is 12.6. The SMILES string of the molecule is CCc1cnc(N(C(=O)CC(C)(C)C)C(C)CC)nc1. The van der Waals surface area contributed by atoms with Crippen LogP contribution < -0.4 is 4.90 Å². The van der Waals surface area contributed by atoms with Gasteiger partial charge in [0.2, 0.25) is 11.9 Å². The smallest absolute Gasteiger partial charge is 0.232 e. The van der Waals surface area contributed by atoms with Gasteiger partial charge in [-0.3, -0.25) is 9.69 Å². The summed E-state index contributed by atoms with van der Waals surface area (Å²) < 4.78 is 0. The number of hydrogen-bond acceptors (Lipinski definition) is 3. The van der Waals surface area contributed by atoms with Crippen LogP contribution in [0.5, 0.6) is 0 Å². The fourth-order valence-electron chi connectivity index (χ4n) is 1.93. The first-order valence-electron chi connectivity index (χ1n) is 7.41. The Labute approximate surface area is 122 Å². The molecule has 1 aromatic rings. The molecule has 0 bridgehead atoms. The Kier molecular flexibility index (Phi) is 5.66. The van der Waals surface area contributed by atoms with Crippen molar-refractivity contribution in [3.63, 3.8) is 0 Å². The van der Waals surface area contributed by atoms with Gasteiger partial charge in [-0.2, -0.15) is 0 Å². The summed E-state index contributed by atoms with van der Waals surface area (Å²) in [4.78, 5) is 23.0. The molecule has 0 aliphatic carbocycles. The highest BCUT2D eigenvalue weighted by atomic mass is 16.2. The second kappa shape index (κ2) is 6.82. The van der Waals surface area contributed by atoms with Crippen molar-refractivity contribution in [2.24, 2.45) is 5.41 Å². The van der Waals surface area contributed by atoms with Crippen molar-refractivity contribution in [3.05, 3.63) is 18.0 Å². The normalized spacial score (nSPS) is 13.1. The van der Waals surface area contributed by atoms with E-state index >= 15 is 0 Å². The zero-order valence-electron chi connectivity index (χ0n) is 13.6. The number of nitrogens with zero attached hydrogens (tertiary/aromatic N) is 3. The molecule has 0 aromatic carbocycles. The van der Waals surface area contributed by atoms with Gasteiger partial charge in [0.25, 0.3) is 0 Å². The molecule has 0 fully saturated rings. The number of rotatable bonds is 5. The average Bonchev–Trinajstić information content (AvgIpc) is 2.37. The van der Waals surface area contributed by atoms with Crippen LogP contribution in [0.25, 0.3) is 0 Å². The van der Waals surface area contributed by atoms with Crippen LogP contribution in [0.4, 0.5) is 5.95 Å². The minimum atomic E-state index is -0.0356. The van der Waals surface area contributed by atoms with E-state index in [1.165, 1.54) is 0 Å². The highest BCUT2D eigenvalue weighted by molar-refractivity contribution is 5.92. The minimum Gasteiger partial charge on any atom is -0.278 e. The number of anilines is 1. The van der Waals surface area contributed by atoms with Gasteiger partial charge in [0.05, 0.1) is 0 Å². The van der Waals surface area contributed by atoms with E-state index in [2.05, 4.69) is 44.6 Å². The van der Waals surface area contributed by atoms with Crippen molar-refractivity contribution in [2.75, 3.05) is 4.90 Å². The lowest BCUT2D eigenvalue weighted by atomic mass is 9.91. The molecule has 20 heavy (non-hydrogen) atoms. The Hall–Kier alpha value is -1.45. The zero-order valence-corrected chi connectivity index (χ0v) is 13.6. The monoisotopic (exact) mass is 277 g/mol. The van der Waals surface area contributed by atoms with Gasteiger partial charge >= 0.3 is 0 Å². The Morgan fingerprint density at radius 3 is 2.20 bits per heavy atom. The van der Waals surface area contributed by atoms with E-state index in [1.54, 1.807) is 4.90 Å². The summed E-state index contributed by atoms with van der Waals surface area (Å²) in [5.74, 6) is 0.613. The lowest BCUT2D eigenvalue weighted by Gasteiger charge is -2.29. The van der Waals surface area contributed by atoms with Crippen molar-refractivity contribution in [2.45, 2.75) is 66.8 Å². The van der Waals surface area contributed by atoms with E-state index in [4.69, 9.17) is 0 Å². The van der Waals surface area contributed by atoms with Gasteiger partial charge in [-0.25, -0.2) is 9.97 Å². The van der Waals surface area contributed by atoms with Crippen LogP contribution in [-0.2, 0) is 11.2 Å². The molecule has 0 spiro atoms. The Morgan fingerprint density at radius 2 is 1.80 bits per heavy atom. The molecule has 0 radical (unpaired) electrons. The van der Waals surface area contributed by atoms with Crippen LogP contribution in [0, 0.1) is 5.41 Å². The Morgan fingerprint density at radius 1 is 1.25 bits per heavy atom. The summed E-state index contributed by atoms with van der Waals surface area (Å²) in [6, 6.07) is 0.109. The Balaban J connectivity index is 3.02. The molecule has 1 rings (SSSR count). The van der Waals surface area contributed by atoms with Gasteiger partial charge in [-0.05, 0) is 30.7 Å². The van der Waals surface area contributed by atoms with Gasteiger partial charge < -0.3 is 0 Å². The average molecular weight is 277 g/mol. The number of aryl methyl sites for hydroxylation is 1. The van der Waals surface area contributed by atoms with Crippen molar-refractivity contribution in [1.29, 1.82) is 0 Å². The maximum Gasteiger partial charge on any atom is 0.232 e. The molecule has 0 saturated heterocycles. The first kappa shape index (κ1) is 16.6. The van der Waals surface area contributed by atoms with E-state index in [-0.39, 0.29) is 17.4 Å². The number of carbonyl (C=O) groups excluding carboxylic acids is 1. The van der Waals surface area contributed by atoms with Crippen molar-refractivity contribution in [1.82, 2.24) is 9.97 Å². The van der Waals surface area contributed by atoms with Crippen molar-refractivity contribution < 1.29 is 4.79 Å². The fourth-order valence-corrected chi connectivity index (χ4v) is 1.93. The minimum absolute atomic E-state index is 0.0356. The van der Waals surface area contributed by atoms with Crippen LogP contribution in [-0.4, -0.2) is 21.9 Å². The molecule has 4 nitrogen and oxygen atoms in total. The van der Waals surface area contributed by atoms with Crippen LogP contribution in [0.3, 0.4) is 0 Å². The molecule has 1 unspecified atom stereocenters. The molecule has 1 heterocycles. The van der Waals surface area contributed by atoms with Gasteiger partial charge in [0.15, 0.2) is 0 Å². The third-order valence-electron chi connectivity index (χ3n) is 3.30. The summed E-state index contributed by atoms with van der Waals surface area (Å²) in [6.07, 6.45) is 5.90. The fraction of sp³-hybridized carbons (Fsp3) is 0.688. The zero-order chi connectivity index (χ0) is 15.3. The van der Waals surface area contributed by atoms with Crippen LogP contribution >= 0.6 is 0 Å². The van der Waals surface area contributed by atoms with Gasteiger partial charge in [-0.1, -0.05) is 34.6 Å². The summed E-state index contributed by atoms with van der Waals surface area (Å²) in [7, 11) is 0. The van der Waals surface area contributed by atoms with E-state index in [0.29, 0.717) is 12.4 Å². The summed E-state index contributed by atoms with van der Waals surface area (Å²) in [6.45, 7) is 12.4. The van der Waals surface area contributed by atoms with Crippen LogP contribution in [0.1, 0.15) is 59.9 Å². The topological polar surface area (TPSA) is 46.1 Å². The quantitative estimate of drug-likeness (QED) is 0.826. The molecule has 1 amide bonds. The summed E-state index contributed by atoms with van der Waals surface area (Å²) >= 11 is 0. The standard InChI is InChI=1S/C16H27N3O/c1-7-12(3)19(14(20)9-16(4,5)6)15-17-10-13(8-2)11-18-15/h10-12H,7-9H2,1-6H3. The van der Waals surface area contributed by atoms with Crippen LogP contribution in [0.15, 0.2) is 12.4 Å². The molecule has 0 N–H and O–H groups in total. The van der Waals surface area contributed by atoms with E-state index < -0.39 is 0 Å². The molecule has 4 heteroatoms. The van der Waals surface area contributed by atoms with Crippen molar-refractivity contribution >= 4 is 11.9 Å². The number of hydrogen-bond donors (Lipinski definition) is 0. The summed E-state index contributed by atoms with van der Waals surface area (Å²) in [5.41, 5.74) is 1.05. The summed E-state index contributed by atoms with van der Waals surface area (Å²) in [5, 5.41) is 0. The van der Waals surface area contributed by atoms with E-state index in [9.17, 15) is 4.79 Å². The third-order valence-corrected chi connectivity index (χ3v) is 3.30. The van der Waals surface area contributed by atoms with Gasteiger partial charge in [-0.15, -0.1) is 0 Å². The highest BCUT2D eigenvalue weighted by Gasteiger charge is 2.27.